The molecule has 0 aromatic carbocycles. The van der Waals surface area contributed by atoms with E-state index in [0.29, 0.717) is 0 Å². The van der Waals surface area contributed by atoms with Crippen LogP contribution in [0.2, 0.25) is 0 Å². The molecule has 14 heavy (non-hydrogen) atoms. The Morgan fingerprint density at radius 3 is 0.286 bits per heavy atom. The second-order valence-electron chi connectivity index (χ2n) is 1.75. The molecular weight excluding hydrogens is 793 g/mol. The molecule has 0 rings (SSSR count). The molecule has 0 aliphatic rings. The van der Waals surface area contributed by atoms with E-state index >= 15 is 0 Å². The van der Waals surface area contributed by atoms with Crippen molar-refractivity contribution in [2.45, 2.75) is 0 Å². The zero-order valence-electron chi connectivity index (χ0n) is 5.35. The van der Waals surface area contributed by atoms with Crippen LogP contribution in [0.25, 0.3) is 0 Å². The van der Waals surface area contributed by atoms with Gasteiger partial charge in [-0.2, -0.15) is 0 Å². The molecule has 0 aliphatic carbocycles. The Morgan fingerprint density at radius 1 is 0.286 bits per heavy atom. The predicted molar refractivity (Wildman–Crippen MR) is 70.2 cm³/mol. The van der Waals surface area contributed by atoms with Crippen molar-refractivity contribution >= 4 is 113 Å². The van der Waals surface area contributed by atoms with E-state index in [1.165, 1.54) is 0 Å². The molecule has 0 spiro atoms. The summed E-state index contributed by atoms with van der Waals surface area (Å²) < 4.78 is 0. The summed E-state index contributed by atoms with van der Waals surface area (Å²) in [5.41, 5.74) is 0. The topological polar surface area (TPSA) is 0 Å². The van der Waals surface area contributed by atoms with Crippen LogP contribution in [0, 0.1) is 0 Å². The van der Waals surface area contributed by atoms with Gasteiger partial charge in [-0.15, -0.1) is 0 Å². The van der Waals surface area contributed by atoms with Gasteiger partial charge < -0.3 is 0 Å². The van der Waals surface area contributed by atoms with Crippen molar-refractivity contribution in [2.75, 3.05) is 0 Å². The van der Waals surface area contributed by atoms with Crippen LogP contribution in [0.5, 0.6) is 0 Å². The van der Waals surface area contributed by atoms with E-state index in [1.54, 1.807) is 0 Å². The summed E-state index contributed by atoms with van der Waals surface area (Å²) in [5, 5.41) is 0. The number of hydrogen-bond acceptors (Lipinski definition) is 0. The normalized spacial score (nSPS) is 23.1. The van der Waals surface area contributed by atoms with E-state index in [9.17, 15) is 0 Å². The molecule has 0 bridgehead atoms. The molecule has 0 saturated heterocycles. The van der Waals surface area contributed by atoms with Crippen molar-refractivity contribution in [3.8, 4) is 0 Å². The van der Waals surface area contributed by atoms with E-state index in [0.717, 1.165) is 0 Å². The maximum atomic E-state index is 5.07. The molecule has 0 fully saturated rings. The van der Waals surface area contributed by atoms with Crippen LogP contribution < -0.4 is 0 Å². The standard InChI is InChI=1S/12ClH.2W/h12*1H;;/q;;;;;;;;;;;;2*+6/p-12. The Hall–Kier alpha value is 4.86. The van der Waals surface area contributed by atoms with E-state index < -0.39 is 14.6 Å². The Kier molecular flexibility index (Phi) is 6.31. The van der Waals surface area contributed by atoms with Gasteiger partial charge >= 0.3 is 128 Å². The van der Waals surface area contributed by atoms with Crippen LogP contribution in [-0.2, 0) is 14.6 Å². The van der Waals surface area contributed by atoms with E-state index in [4.69, 9.17) is 113 Å². The summed E-state index contributed by atoms with van der Waals surface area (Å²) in [6.07, 6.45) is 0. The van der Waals surface area contributed by atoms with Crippen LogP contribution in [0.15, 0.2) is 0 Å². The molecular formula is Cl12W2. The van der Waals surface area contributed by atoms with Gasteiger partial charge in [-0.3, -0.25) is 0 Å². The van der Waals surface area contributed by atoms with E-state index in [-0.39, 0.29) is 0 Å². The van der Waals surface area contributed by atoms with Crippen LogP contribution in [0.1, 0.15) is 0 Å². The van der Waals surface area contributed by atoms with Gasteiger partial charge in [-0.05, 0) is 0 Å². The first kappa shape index (κ1) is 21.2. The van der Waals surface area contributed by atoms with E-state index in [2.05, 4.69) is 0 Å². The average Bonchev–Trinajstić information content (AvgIpc) is 0.938. The first-order valence-corrected chi connectivity index (χ1v) is 45.5. The molecule has 0 saturated carbocycles. The molecule has 96 valence electrons. The minimum atomic E-state index is -5.47. The number of rotatable bonds is 0. The van der Waals surface area contributed by atoms with Gasteiger partial charge in [0.15, 0.2) is 0 Å². The Morgan fingerprint density at radius 2 is 0.286 bits per heavy atom. The molecule has 0 nitrogen and oxygen atoms in total. The van der Waals surface area contributed by atoms with Crippen LogP contribution >= 0.6 is 113 Å². The third-order valence-electron chi connectivity index (χ3n) is 0. The van der Waals surface area contributed by atoms with Gasteiger partial charge in [0.05, 0.1) is 0 Å². The maximum absolute atomic E-state index is 5.47. The fourth-order valence-electron chi connectivity index (χ4n) is 0. The fraction of sp³-hybridized carbons (Fsp3) is 0. The van der Waals surface area contributed by atoms with Crippen LogP contribution in [0.4, 0.5) is 0 Å². The summed E-state index contributed by atoms with van der Waals surface area (Å²) in [6, 6.07) is 0. The van der Waals surface area contributed by atoms with E-state index in [1.807, 2.05) is 0 Å². The van der Waals surface area contributed by atoms with Crippen molar-refractivity contribution in [1.82, 2.24) is 0 Å². The molecule has 0 aromatic heterocycles. The van der Waals surface area contributed by atoms with Gasteiger partial charge in [0.1, 0.15) is 0 Å². The zero-order valence-corrected chi connectivity index (χ0v) is 20.3. The van der Waals surface area contributed by atoms with Crippen molar-refractivity contribution in [1.29, 1.82) is 0 Å². The van der Waals surface area contributed by atoms with Gasteiger partial charge in [0, 0.05) is 0 Å². The second-order valence-corrected chi connectivity index (χ2v) is 129. The zero-order chi connectivity index (χ0) is 12.8. The third-order valence-corrected chi connectivity index (χ3v) is 0. The molecule has 0 atom stereocenters. The molecule has 0 aliphatic heterocycles. The monoisotopic (exact) mass is 788 g/mol. The predicted octanol–water partition coefficient (Wildman–Crippen LogP) is 8.27. The first-order valence-electron chi connectivity index (χ1n) is 1.85. The molecule has 0 amide bonds. The summed E-state index contributed by atoms with van der Waals surface area (Å²) in [5.74, 6) is 0. The van der Waals surface area contributed by atoms with Crippen molar-refractivity contribution in [3.63, 3.8) is 0 Å². The van der Waals surface area contributed by atoms with Crippen LogP contribution in [-0.4, -0.2) is 0 Å². The molecule has 0 N–H and O–H groups in total. The molecule has 0 radical (unpaired) electrons. The average molecular weight is 793 g/mol. The van der Waals surface area contributed by atoms with Crippen molar-refractivity contribution in [3.05, 3.63) is 0 Å². The van der Waals surface area contributed by atoms with Gasteiger partial charge in [-0.25, -0.2) is 0 Å². The molecule has 0 heterocycles. The minimum absolute atomic E-state index is 5.07. The van der Waals surface area contributed by atoms with Gasteiger partial charge in [0.2, 0.25) is 0 Å². The SMILES string of the molecule is [Cl][W]([Cl])([Cl])([Cl])([Cl])[Cl].[Cl][W]([Cl])([Cl])([Cl])([Cl])[Cl]. The van der Waals surface area contributed by atoms with Gasteiger partial charge in [0.25, 0.3) is 0 Å². The Labute approximate surface area is 125 Å². The second kappa shape index (κ2) is 4.18. The van der Waals surface area contributed by atoms with Gasteiger partial charge in [-0.1, -0.05) is 0 Å². The quantitative estimate of drug-likeness (QED) is 0.232. The first-order chi connectivity index (χ1) is 4.90. The summed E-state index contributed by atoms with van der Waals surface area (Å²) >= 11 is 0. The Bertz CT molecular complexity index is 155. The van der Waals surface area contributed by atoms with Crippen molar-refractivity contribution < 1.29 is 14.6 Å². The third kappa shape index (κ3) is 180. The number of halogens is 12. The molecule has 14 heteroatoms. The number of hydrogen-bond donors (Lipinski definition) is 0. The summed E-state index contributed by atoms with van der Waals surface area (Å²) in [4.78, 5) is 0. The molecule has 0 unspecified atom stereocenters. The van der Waals surface area contributed by atoms with Crippen LogP contribution in [0.3, 0.4) is 0 Å². The summed E-state index contributed by atoms with van der Waals surface area (Å²) in [6.45, 7) is 0. The molecule has 0 aromatic rings. The summed E-state index contributed by atoms with van der Waals surface area (Å²) in [7, 11) is 49.9. The van der Waals surface area contributed by atoms with Crippen molar-refractivity contribution in [2.24, 2.45) is 0 Å². The Balaban J connectivity index is 0. The fourth-order valence-corrected chi connectivity index (χ4v) is 0.